The van der Waals surface area contributed by atoms with Gasteiger partial charge in [-0.1, -0.05) is 20.8 Å². The van der Waals surface area contributed by atoms with Crippen LogP contribution in [-0.4, -0.2) is 28.6 Å². The number of carboxylic acids is 1. The normalized spacial score (nSPS) is 24.8. The maximum absolute atomic E-state index is 11.1. The highest BCUT2D eigenvalue weighted by Gasteiger charge is 2.35. The van der Waals surface area contributed by atoms with Crippen molar-refractivity contribution in [2.45, 2.75) is 52.1 Å². The highest BCUT2D eigenvalue weighted by Crippen LogP contribution is 2.32. The summed E-state index contributed by atoms with van der Waals surface area (Å²) in [6.45, 7) is 10.5. The van der Waals surface area contributed by atoms with Crippen LogP contribution in [0.2, 0.25) is 0 Å². The average Bonchev–Trinajstić information content (AvgIpc) is 2.87. The van der Waals surface area contributed by atoms with E-state index in [9.17, 15) is 4.79 Å². The zero-order chi connectivity index (χ0) is 14.2. The molecule has 106 valence electrons. The van der Waals surface area contributed by atoms with Crippen molar-refractivity contribution in [2.24, 2.45) is 5.92 Å². The van der Waals surface area contributed by atoms with Crippen molar-refractivity contribution in [2.75, 3.05) is 6.54 Å². The molecule has 2 rings (SSSR count). The van der Waals surface area contributed by atoms with Gasteiger partial charge in [0.15, 0.2) is 0 Å². The Hall–Kier alpha value is -0.870. The van der Waals surface area contributed by atoms with Gasteiger partial charge in [-0.05, 0) is 37.4 Å². The van der Waals surface area contributed by atoms with Gasteiger partial charge in [0.2, 0.25) is 0 Å². The van der Waals surface area contributed by atoms with E-state index < -0.39 is 5.97 Å². The first-order valence-corrected chi connectivity index (χ1v) is 7.66. The predicted octanol–water partition coefficient (Wildman–Crippen LogP) is 3.34. The Bertz CT molecular complexity index is 461. The largest absolute Gasteiger partial charge is 0.481 e. The van der Waals surface area contributed by atoms with Gasteiger partial charge in [-0.15, -0.1) is 11.3 Å². The zero-order valence-corrected chi connectivity index (χ0v) is 13.0. The molecule has 1 aliphatic rings. The van der Waals surface area contributed by atoms with E-state index >= 15 is 0 Å². The molecule has 0 spiro atoms. The summed E-state index contributed by atoms with van der Waals surface area (Å²) in [5.41, 5.74) is 0.198. The summed E-state index contributed by atoms with van der Waals surface area (Å²) in [7, 11) is 0. The Morgan fingerprint density at radius 2 is 2.16 bits per heavy atom. The second kappa shape index (κ2) is 5.25. The van der Waals surface area contributed by atoms with Gasteiger partial charge in [0.25, 0.3) is 0 Å². The van der Waals surface area contributed by atoms with Gasteiger partial charge < -0.3 is 5.11 Å². The third-order valence-electron chi connectivity index (χ3n) is 3.96. The summed E-state index contributed by atoms with van der Waals surface area (Å²) >= 11 is 1.85. The lowest BCUT2D eigenvalue weighted by Gasteiger charge is -2.22. The first-order chi connectivity index (χ1) is 8.79. The molecule has 1 saturated heterocycles. The van der Waals surface area contributed by atoms with Gasteiger partial charge >= 0.3 is 5.97 Å². The van der Waals surface area contributed by atoms with Crippen molar-refractivity contribution >= 4 is 17.3 Å². The van der Waals surface area contributed by atoms with Crippen molar-refractivity contribution in [3.05, 3.63) is 21.9 Å². The molecule has 4 heteroatoms. The van der Waals surface area contributed by atoms with Crippen LogP contribution in [0.3, 0.4) is 0 Å². The van der Waals surface area contributed by atoms with Crippen LogP contribution in [0.4, 0.5) is 0 Å². The summed E-state index contributed by atoms with van der Waals surface area (Å²) in [5.74, 6) is -0.862. The van der Waals surface area contributed by atoms with Crippen molar-refractivity contribution in [3.8, 4) is 0 Å². The minimum absolute atomic E-state index is 0.137. The molecule has 1 aromatic rings. The first-order valence-electron chi connectivity index (χ1n) is 6.85. The van der Waals surface area contributed by atoms with Crippen LogP contribution >= 0.6 is 11.3 Å². The fourth-order valence-corrected chi connectivity index (χ4v) is 3.71. The molecule has 0 amide bonds. The lowest BCUT2D eigenvalue weighted by atomic mass is 9.95. The van der Waals surface area contributed by atoms with Crippen LogP contribution in [0.5, 0.6) is 0 Å². The molecular formula is C15H23NO2S. The van der Waals surface area contributed by atoms with Gasteiger partial charge in [-0.2, -0.15) is 0 Å². The molecule has 19 heavy (non-hydrogen) atoms. The van der Waals surface area contributed by atoms with Gasteiger partial charge in [-0.3, -0.25) is 9.69 Å². The van der Waals surface area contributed by atoms with E-state index in [0.717, 1.165) is 19.5 Å². The maximum Gasteiger partial charge on any atom is 0.308 e. The van der Waals surface area contributed by atoms with E-state index in [1.807, 2.05) is 18.3 Å². The number of likely N-dealkylation sites (tertiary alicyclic amines) is 1. The number of thiophene rings is 1. The molecule has 2 atom stereocenters. The predicted molar refractivity (Wildman–Crippen MR) is 78.6 cm³/mol. The third-order valence-corrected chi connectivity index (χ3v) is 5.46. The lowest BCUT2D eigenvalue weighted by Crippen LogP contribution is -2.32. The molecule has 3 nitrogen and oxygen atoms in total. The molecule has 1 N–H and O–H groups in total. The number of carbonyl (C=O) groups is 1. The van der Waals surface area contributed by atoms with Gasteiger partial charge in [0.1, 0.15) is 0 Å². The molecular weight excluding hydrogens is 258 g/mol. The summed E-state index contributed by atoms with van der Waals surface area (Å²) in [6.07, 6.45) is 0.772. The molecule has 1 fully saturated rings. The first kappa shape index (κ1) is 14.5. The molecule has 2 unspecified atom stereocenters. The SMILES string of the molecule is CC1C(C(=O)O)CCN1Cc1ccc(C(C)(C)C)s1. The third kappa shape index (κ3) is 3.18. The minimum atomic E-state index is -0.656. The zero-order valence-electron chi connectivity index (χ0n) is 12.1. The van der Waals surface area contributed by atoms with E-state index in [2.05, 4.69) is 37.8 Å². The Morgan fingerprint density at radius 3 is 2.63 bits per heavy atom. The maximum atomic E-state index is 11.1. The summed E-state index contributed by atoms with van der Waals surface area (Å²) in [6, 6.07) is 4.53. The summed E-state index contributed by atoms with van der Waals surface area (Å²) < 4.78 is 0. The van der Waals surface area contributed by atoms with Crippen LogP contribution in [-0.2, 0) is 16.8 Å². The fraction of sp³-hybridized carbons (Fsp3) is 0.667. The average molecular weight is 281 g/mol. The highest BCUT2D eigenvalue weighted by molar-refractivity contribution is 7.12. The molecule has 0 aliphatic carbocycles. The molecule has 1 aromatic heterocycles. The van der Waals surface area contributed by atoms with Crippen LogP contribution in [0.25, 0.3) is 0 Å². The molecule has 0 aromatic carbocycles. The standard InChI is InChI=1S/C15H23NO2S/c1-10-12(14(17)18)7-8-16(10)9-11-5-6-13(19-11)15(2,3)4/h5-6,10,12H,7-9H2,1-4H3,(H,17,18). The molecule has 2 heterocycles. The van der Waals surface area contributed by atoms with Crippen molar-refractivity contribution < 1.29 is 9.90 Å². The summed E-state index contributed by atoms with van der Waals surface area (Å²) in [5, 5.41) is 9.15. The van der Waals surface area contributed by atoms with E-state index in [4.69, 9.17) is 5.11 Å². The van der Waals surface area contributed by atoms with Crippen LogP contribution in [0.15, 0.2) is 12.1 Å². The topological polar surface area (TPSA) is 40.5 Å². The van der Waals surface area contributed by atoms with E-state index in [1.54, 1.807) is 0 Å². The van der Waals surface area contributed by atoms with Gasteiger partial charge in [0, 0.05) is 22.3 Å². The van der Waals surface area contributed by atoms with Crippen molar-refractivity contribution in [3.63, 3.8) is 0 Å². The highest BCUT2D eigenvalue weighted by atomic mass is 32.1. The van der Waals surface area contributed by atoms with Gasteiger partial charge in [0.05, 0.1) is 5.92 Å². The van der Waals surface area contributed by atoms with Crippen molar-refractivity contribution in [1.82, 2.24) is 4.90 Å². The van der Waals surface area contributed by atoms with E-state index in [1.165, 1.54) is 9.75 Å². The minimum Gasteiger partial charge on any atom is -0.481 e. The fourth-order valence-electron chi connectivity index (χ4n) is 2.62. The van der Waals surface area contributed by atoms with Crippen LogP contribution in [0, 0.1) is 5.92 Å². The number of nitrogens with zero attached hydrogens (tertiary/aromatic N) is 1. The monoisotopic (exact) mass is 281 g/mol. The quantitative estimate of drug-likeness (QED) is 0.923. The van der Waals surface area contributed by atoms with Crippen molar-refractivity contribution in [1.29, 1.82) is 0 Å². The van der Waals surface area contributed by atoms with Crippen LogP contribution < -0.4 is 0 Å². The van der Waals surface area contributed by atoms with E-state index in [0.29, 0.717) is 0 Å². The number of aliphatic carboxylic acids is 1. The number of carboxylic acid groups (broad SMARTS) is 1. The summed E-state index contributed by atoms with van der Waals surface area (Å²) in [4.78, 5) is 16.1. The second-order valence-electron chi connectivity index (χ2n) is 6.46. The second-order valence-corrected chi connectivity index (χ2v) is 7.63. The number of rotatable bonds is 3. The Labute approximate surface area is 119 Å². The molecule has 0 radical (unpaired) electrons. The Kier molecular flexibility index (Phi) is 4.02. The smallest absolute Gasteiger partial charge is 0.308 e. The Balaban J connectivity index is 2.03. The number of hydrogen-bond donors (Lipinski definition) is 1. The lowest BCUT2D eigenvalue weighted by molar-refractivity contribution is -0.142. The van der Waals surface area contributed by atoms with Gasteiger partial charge in [-0.25, -0.2) is 0 Å². The molecule has 1 aliphatic heterocycles. The Morgan fingerprint density at radius 1 is 1.47 bits per heavy atom. The van der Waals surface area contributed by atoms with E-state index in [-0.39, 0.29) is 17.4 Å². The molecule has 0 bridgehead atoms. The molecule has 0 saturated carbocycles. The van der Waals surface area contributed by atoms with Crippen LogP contribution in [0.1, 0.15) is 43.9 Å². The number of hydrogen-bond acceptors (Lipinski definition) is 3.